The van der Waals surface area contributed by atoms with Gasteiger partial charge in [-0.2, -0.15) is 0 Å². The molecule has 0 unspecified atom stereocenters. The van der Waals surface area contributed by atoms with Gasteiger partial charge in [-0.25, -0.2) is 0 Å². The van der Waals surface area contributed by atoms with E-state index < -0.39 is 0 Å². The van der Waals surface area contributed by atoms with Crippen LogP contribution in [0.2, 0.25) is 0 Å². The molecule has 1 heterocycles. The van der Waals surface area contributed by atoms with E-state index in [2.05, 4.69) is 59.2 Å². The quantitative estimate of drug-likeness (QED) is 0.837. The fraction of sp³-hybridized carbons (Fsp3) is 0.400. The van der Waals surface area contributed by atoms with E-state index in [-0.39, 0.29) is 0 Å². The molecule has 2 aromatic rings. The van der Waals surface area contributed by atoms with Crippen LogP contribution in [-0.4, -0.2) is 37.7 Å². The number of aryl methyl sites for hydroxylation is 1. The molecule has 122 valence electrons. The molecule has 0 amide bonds. The fourth-order valence-electron chi connectivity index (χ4n) is 3.21. The van der Waals surface area contributed by atoms with E-state index in [9.17, 15) is 0 Å². The number of nitrogens with zero attached hydrogens (tertiary/aromatic N) is 2. The largest absolute Gasteiger partial charge is 0.492 e. The molecule has 0 aromatic heterocycles. The summed E-state index contributed by atoms with van der Waals surface area (Å²) in [6, 6.07) is 17.2. The van der Waals surface area contributed by atoms with Crippen molar-refractivity contribution in [3.8, 4) is 5.75 Å². The average Bonchev–Trinajstić information content (AvgIpc) is 2.57. The molecule has 1 saturated heterocycles. The number of hydrogen-bond acceptors (Lipinski definition) is 3. The standard InChI is InChI=1S/C20H26N2O/c1-3-23-20-10-5-4-9-19(20)22-13-11-21(12-14-22)16-18-8-6-7-17(2)15-18/h4-10,15H,3,11-14,16H2,1-2H3. The fourth-order valence-corrected chi connectivity index (χ4v) is 3.21. The minimum absolute atomic E-state index is 0.713. The van der Waals surface area contributed by atoms with Gasteiger partial charge in [0.15, 0.2) is 0 Å². The second-order valence-corrected chi connectivity index (χ2v) is 6.15. The van der Waals surface area contributed by atoms with Crippen LogP contribution < -0.4 is 9.64 Å². The minimum Gasteiger partial charge on any atom is -0.492 e. The van der Waals surface area contributed by atoms with Gasteiger partial charge in [0.05, 0.1) is 12.3 Å². The Labute approximate surface area is 139 Å². The highest BCUT2D eigenvalue weighted by Gasteiger charge is 2.19. The summed E-state index contributed by atoms with van der Waals surface area (Å²) in [5.41, 5.74) is 3.98. The summed E-state index contributed by atoms with van der Waals surface area (Å²) in [5.74, 6) is 1.00. The maximum Gasteiger partial charge on any atom is 0.142 e. The molecule has 1 fully saturated rings. The molecule has 0 radical (unpaired) electrons. The summed E-state index contributed by atoms with van der Waals surface area (Å²) in [6.45, 7) is 10.2. The highest BCUT2D eigenvalue weighted by molar-refractivity contribution is 5.58. The molecule has 2 aromatic carbocycles. The Kier molecular flexibility index (Phi) is 5.19. The highest BCUT2D eigenvalue weighted by Crippen LogP contribution is 2.29. The molecule has 1 aliphatic rings. The lowest BCUT2D eigenvalue weighted by molar-refractivity contribution is 0.248. The summed E-state index contributed by atoms with van der Waals surface area (Å²) in [4.78, 5) is 4.98. The Morgan fingerprint density at radius 3 is 2.48 bits per heavy atom. The van der Waals surface area contributed by atoms with Crippen molar-refractivity contribution in [1.82, 2.24) is 4.90 Å². The van der Waals surface area contributed by atoms with Crippen molar-refractivity contribution in [2.75, 3.05) is 37.7 Å². The number of piperazine rings is 1. The Morgan fingerprint density at radius 1 is 0.957 bits per heavy atom. The van der Waals surface area contributed by atoms with E-state index in [1.54, 1.807) is 0 Å². The maximum atomic E-state index is 5.77. The van der Waals surface area contributed by atoms with Crippen molar-refractivity contribution in [3.63, 3.8) is 0 Å². The Morgan fingerprint density at radius 2 is 1.74 bits per heavy atom. The Balaban J connectivity index is 1.60. The predicted molar refractivity (Wildman–Crippen MR) is 96.3 cm³/mol. The first kappa shape index (κ1) is 15.9. The second-order valence-electron chi connectivity index (χ2n) is 6.15. The van der Waals surface area contributed by atoms with Crippen molar-refractivity contribution in [3.05, 3.63) is 59.7 Å². The number of rotatable bonds is 5. The zero-order valence-corrected chi connectivity index (χ0v) is 14.2. The topological polar surface area (TPSA) is 15.7 Å². The Bertz CT molecular complexity index is 633. The minimum atomic E-state index is 0.713. The van der Waals surface area contributed by atoms with Crippen LogP contribution in [0.4, 0.5) is 5.69 Å². The molecule has 1 aliphatic heterocycles. The van der Waals surface area contributed by atoms with Gasteiger partial charge in [0.2, 0.25) is 0 Å². The summed E-state index contributed by atoms with van der Waals surface area (Å²) in [6.07, 6.45) is 0. The first-order valence-corrected chi connectivity index (χ1v) is 8.51. The van der Waals surface area contributed by atoms with Gasteiger partial charge in [-0.3, -0.25) is 4.90 Å². The van der Waals surface area contributed by atoms with Crippen LogP contribution in [0.15, 0.2) is 48.5 Å². The van der Waals surface area contributed by atoms with Crippen molar-refractivity contribution >= 4 is 5.69 Å². The highest BCUT2D eigenvalue weighted by atomic mass is 16.5. The van der Waals surface area contributed by atoms with Crippen molar-refractivity contribution in [2.24, 2.45) is 0 Å². The molecule has 0 saturated carbocycles. The van der Waals surface area contributed by atoms with Crippen LogP contribution >= 0.6 is 0 Å². The third kappa shape index (κ3) is 4.05. The molecule has 0 spiro atoms. The molecule has 23 heavy (non-hydrogen) atoms. The zero-order chi connectivity index (χ0) is 16.1. The average molecular weight is 310 g/mol. The van der Waals surface area contributed by atoms with Gasteiger partial charge in [0, 0.05) is 32.7 Å². The zero-order valence-electron chi connectivity index (χ0n) is 14.2. The first-order valence-electron chi connectivity index (χ1n) is 8.51. The number of ether oxygens (including phenoxy) is 1. The van der Waals surface area contributed by atoms with Gasteiger partial charge in [-0.15, -0.1) is 0 Å². The van der Waals surface area contributed by atoms with E-state index in [1.807, 2.05) is 13.0 Å². The Hall–Kier alpha value is -2.00. The van der Waals surface area contributed by atoms with Crippen LogP contribution in [0.25, 0.3) is 0 Å². The van der Waals surface area contributed by atoms with E-state index in [0.717, 1.165) is 38.5 Å². The lowest BCUT2D eigenvalue weighted by atomic mass is 10.1. The van der Waals surface area contributed by atoms with Crippen LogP contribution in [-0.2, 0) is 6.54 Å². The monoisotopic (exact) mass is 310 g/mol. The smallest absolute Gasteiger partial charge is 0.142 e. The SMILES string of the molecule is CCOc1ccccc1N1CCN(Cc2cccc(C)c2)CC1. The van der Waals surface area contributed by atoms with Crippen molar-refractivity contribution < 1.29 is 4.74 Å². The van der Waals surface area contributed by atoms with Crippen LogP contribution in [0.5, 0.6) is 5.75 Å². The number of para-hydroxylation sites is 2. The van der Waals surface area contributed by atoms with Crippen LogP contribution in [0, 0.1) is 6.92 Å². The molecule has 0 bridgehead atoms. The van der Waals surface area contributed by atoms with Crippen LogP contribution in [0.1, 0.15) is 18.1 Å². The van der Waals surface area contributed by atoms with Crippen molar-refractivity contribution in [2.45, 2.75) is 20.4 Å². The molecule has 0 atom stereocenters. The first-order chi connectivity index (χ1) is 11.3. The number of benzene rings is 2. The second kappa shape index (κ2) is 7.51. The summed E-state index contributed by atoms with van der Waals surface area (Å²) >= 11 is 0. The van der Waals surface area contributed by atoms with Gasteiger partial charge in [-0.05, 0) is 31.5 Å². The van der Waals surface area contributed by atoms with E-state index in [4.69, 9.17) is 4.74 Å². The normalized spacial score (nSPS) is 15.7. The molecule has 0 aliphatic carbocycles. The van der Waals surface area contributed by atoms with E-state index in [0.29, 0.717) is 6.61 Å². The molecular formula is C20H26N2O. The lowest BCUT2D eigenvalue weighted by Gasteiger charge is -2.36. The van der Waals surface area contributed by atoms with E-state index in [1.165, 1.54) is 16.8 Å². The van der Waals surface area contributed by atoms with Crippen molar-refractivity contribution in [1.29, 1.82) is 0 Å². The molecule has 3 nitrogen and oxygen atoms in total. The van der Waals surface area contributed by atoms with Gasteiger partial charge in [0.1, 0.15) is 5.75 Å². The van der Waals surface area contributed by atoms with Gasteiger partial charge in [0.25, 0.3) is 0 Å². The summed E-state index contributed by atoms with van der Waals surface area (Å²) < 4.78 is 5.77. The van der Waals surface area contributed by atoms with E-state index >= 15 is 0 Å². The lowest BCUT2D eigenvalue weighted by Crippen LogP contribution is -2.46. The third-order valence-electron chi connectivity index (χ3n) is 4.37. The summed E-state index contributed by atoms with van der Waals surface area (Å²) in [5, 5.41) is 0. The number of hydrogen-bond donors (Lipinski definition) is 0. The number of anilines is 1. The van der Waals surface area contributed by atoms with Gasteiger partial charge < -0.3 is 9.64 Å². The van der Waals surface area contributed by atoms with Gasteiger partial charge in [-0.1, -0.05) is 42.0 Å². The molecule has 3 rings (SSSR count). The maximum absolute atomic E-state index is 5.77. The summed E-state index contributed by atoms with van der Waals surface area (Å²) in [7, 11) is 0. The molecule has 0 N–H and O–H groups in total. The molecular weight excluding hydrogens is 284 g/mol. The third-order valence-corrected chi connectivity index (χ3v) is 4.37. The molecule has 3 heteroatoms. The van der Waals surface area contributed by atoms with Gasteiger partial charge >= 0.3 is 0 Å². The predicted octanol–water partition coefficient (Wildman–Crippen LogP) is 3.72. The van der Waals surface area contributed by atoms with Crippen LogP contribution in [0.3, 0.4) is 0 Å².